The number of carbonyl (C=O) groups is 1. The average molecular weight is 441 g/mol. The summed E-state index contributed by atoms with van der Waals surface area (Å²) in [6.07, 6.45) is 1.61. The molecule has 0 unspecified atom stereocenters. The van der Waals surface area contributed by atoms with Crippen molar-refractivity contribution in [3.8, 4) is 0 Å². The van der Waals surface area contributed by atoms with E-state index in [1.807, 2.05) is 31.2 Å². The molecule has 8 nitrogen and oxygen atoms in total. The van der Waals surface area contributed by atoms with E-state index in [1.165, 1.54) is 22.0 Å². The molecule has 2 aromatic carbocycles. The van der Waals surface area contributed by atoms with Crippen LogP contribution in [0.5, 0.6) is 0 Å². The number of aryl methyl sites for hydroxylation is 1. The van der Waals surface area contributed by atoms with Gasteiger partial charge in [-0.3, -0.25) is 4.79 Å². The second-order valence-electron chi connectivity index (χ2n) is 7.36. The Morgan fingerprint density at radius 3 is 2.58 bits per heavy atom. The van der Waals surface area contributed by atoms with Crippen molar-refractivity contribution in [2.45, 2.75) is 18.4 Å². The molecule has 0 radical (unpaired) electrons. The number of hydrogen-bond donors (Lipinski definition) is 1. The summed E-state index contributed by atoms with van der Waals surface area (Å²) in [5.74, 6) is 0.136. The number of benzene rings is 2. The highest BCUT2D eigenvalue weighted by Gasteiger charge is 2.27. The van der Waals surface area contributed by atoms with E-state index >= 15 is 0 Å². The lowest BCUT2D eigenvalue weighted by molar-refractivity contribution is 0.0730. The number of sulfonamides is 1. The van der Waals surface area contributed by atoms with Crippen LogP contribution in [0, 0.1) is 6.92 Å². The second-order valence-corrected chi connectivity index (χ2v) is 9.30. The fourth-order valence-electron chi connectivity index (χ4n) is 3.35. The lowest BCUT2D eigenvalue weighted by Crippen LogP contribution is -2.40. The van der Waals surface area contributed by atoms with E-state index in [4.69, 9.17) is 4.74 Å². The SMILES string of the molecule is Cc1ccc(Cn2nccc2NC(=O)c2cccc(S(=O)(=O)N3CCOCC3)c2)cc1. The van der Waals surface area contributed by atoms with E-state index in [0.29, 0.717) is 38.7 Å². The van der Waals surface area contributed by atoms with Gasteiger partial charge in [0.15, 0.2) is 0 Å². The highest BCUT2D eigenvalue weighted by atomic mass is 32.2. The summed E-state index contributed by atoms with van der Waals surface area (Å²) in [6.45, 7) is 3.87. The zero-order valence-corrected chi connectivity index (χ0v) is 18.0. The van der Waals surface area contributed by atoms with E-state index in [2.05, 4.69) is 10.4 Å². The highest BCUT2D eigenvalue weighted by molar-refractivity contribution is 7.89. The number of aromatic nitrogens is 2. The molecule has 1 amide bonds. The van der Waals surface area contributed by atoms with Crippen molar-refractivity contribution in [1.29, 1.82) is 0 Å². The predicted octanol–water partition coefficient (Wildman–Crippen LogP) is 2.51. The molecular formula is C22H24N4O4S. The Hall–Kier alpha value is -3.01. The summed E-state index contributed by atoms with van der Waals surface area (Å²) in [4.78, 5) is 12.9. The topological polar surface area (TPSA) is 93.5 Å². The first-order valence-electron chi connectivity index (χ1n) is 10.0. The second kappa shape index (κ2) is 9.01. The van der Waals surface area contributed by atoms with Gasteiger partial charge in [-0.05, 0) is 30.7 Å². The van der Waals surface area contributed by atoms with Crippen LogP contribution in [0.4, 0.5) is 5.82 Å². The molecule has 1 saturated heterocycles. The van der Waals surface area contributed by atoms with Gasteiger partial charge in [0.25, 0.3) is 5.91 Å². The van der Waals surface area contributed by atoms with Crippen molar-refractivity contribution >= 4 is 21.7 Å². The van der Waals surface area contributed by atoms with Gasteiger partial charge in [0, 0.05) is 24.7 Å². The van der Waals surface area contributed by atoms with Gasteiger partial charge in [0.2, 0.25) is 10.0 Å². The van der Waals surface area contributed by atoms with Gasteiger partial charge >= 0.3 is 0 Å². The summed E-state index contributed by atoms with van der Waals surface area (Å²) in [6, 6.07) is 15.9. The van der Waals surface area contributed by atoms with Crippen LogP contribution in [0.3, 0.4) is 0 Å². The standard InChI is InChI=1S/C22H24N4O4S/c1-17-5-7-18(8-6-17)16-26-21(9-10-23-26)24-22(27)19-3-2-4-20(15-19)31(28,29)25-11-13-30-14-12-25/h2-10,15H,11-14,16H2,1H3,(H,24,27). The third kappa shape index (κ3) is 4.84. The van der Waals surface area contributed by atoms with Crippen LogP contribution in [0.1, 0.15) is 21.5 Å². The molecule has 0 saturated carbocycles. The molecule has 4 rings (SSSR count). The van der Waals surface area contributed by atoms with E-state index in [-0.39, 0.29) is 10.5 Å². The van der Waals surface area contributed by atoms with Crippen molar-refractivity contribution in [2.75, 3.05) is 31.6 Å². The number of carbonyl (C=O) groups excluding carboxylic acids is 1. The Balaban J connectivity index is 1.50. The smallest absolute Gasteiger partial charge is 0.256 e. The molecule has 162 valence electrons. The summed E-state index contributed by atoms with van der Waals surface area (Å²) in [7, 11) is -3.68. The first-order valence-corrected chi connectivity index (χ1v) is 11.4. The third-order valence-corrected chi connectivity index (χ3v) is 7.01. The number of hydrogen-bond acceptors (Lipinski definition) is 5. The molecule has 1 N–H and O–H groups in total. The third-order valence-electron chi connectivity index (χ3n) is 5.12. The Morgan fingerprint density at radius 1 is 1.10 bits per heavy atom. The fourth-order valence-corrected chi connectivity index (χ4v) is 4.81. The molecule has 3 aromatic rings. The number of ether oxygens (including phenoxy) is 1. The number of anilines is 1. The number of rotatable bonds is 6. The minimum atomic E-state index is -3.68. The number of amides is 1. The van der Waals surface area contributed by atoms with Crippen LogP contribution in [-0.4, -0.2) is 54.7 Å². The monoisotopic (exact) mass is 440 g/mol. The molecule has 1 aromatic heterocycles. The first kappa shape index (κ1) is 21.2. The van der Waals surface area contributed by atoms with Gasteiger partial charge in [0.1, 0.15) is 5.82 Å². The number of nitrogens with one attached hydrogen (secondary N) is 1. The summed E-state index contributed by atoms with van der Waals surface area (Å²) in [5, 5.41) is 7.12. The largest absolute Gasteiger partial charge is 0.379 e. The molecular weight excluding hydrogens is 416 g/mol. The normalized spacial score (nSPS) is 15.0. The van der Waals surface area contributed by atoms with Gasteiger partial charge in [0.05, 0.1) is 30.9 Å². The first-order chi connectivity index (χ1) is 14.9. The number of morpholine rings is 1. The lowest BCUT2D eigenvalue weighted by Gasteiger charge is -2.26. The van der Waals surface area contributed by atoms with Crippen LogP contribution >= 0.6 is 0 Å². The molecule has 1 aliphatic heterocycles. The van der Waals surface area contributed by atoms with Crippen molar-refractivity contribution in [1.82, 2.24) is 14.1 Å². The Labute approximate surface area is 181 Å². The van der Waals surface area contributed by atoms with Crippen LogP contribution in [0.2, 0.25) is 0 Å². The Bertz CT molecular complexity index is 1170. The van der Waals surface area contributed by atoms with Gasteiger partial charge in [-0.2, -0.15) is 9.40 Å². The summed E-state index contributed by atoms with van der Waals surface area (Å²) < 4.78 is 34.1. The minimum Gasteiger partial charge on any atom is -0.379 e. The fraction of sp³-hybridized carbons (Fsp3) is 0.273. The van der Waals surface area contributed by atoms with Crippen molar-refractivity contribution in [2.24, 2.45) is 0 Å². The molecule has 1 fully saturated rings. The van der Waals surface area contributed by atoms with Gasteiger partial charge in [-0.25, -0.2) is 13.1 Å². The molecule has 0 bridgehead atoms. The number of nitrogens with zero attached hydrogens (tertiary/aromatic N) is 3. The quantitative estimate of drug-likeness (QED) is 0.636. The lowest BCUT2D eigenvalue weighted by atomic mass is 10.1. The van der Waals surface area contributed by atoms with Crippen molar-refractivity contribution < 1.29 is 17.9 Å². The molecule has 31 heavy (non-hydrogen) atoms. The van der Waals surface area contributed by atoms with Crippen molar-refractivity contribution in [3.05, 3.63) is 77.5 Å². The summed E-state index contributed by atoms with van der Waals surface area (Å²) in [5.41, 5.74) is 2.49. The maximum absolute atomic E-state index is 12.9. The highest BCUT2D eigenvalue weighted by Crippen LogP contribution is 2.19. The van der Waals surface area contributed by atoms with E-state index in [1.54, 1.807) is 29.1 Å². The zero-order valence-electron chi connectivity index (χ0n) is 17.2. The van der Waals surface area contributed by atoms with E-state index < -0.39 is 15.9 Å². The van der Waals surface area contributed by atoms with Crippen LogP contribution in [0.25, 0.3) is 0 Å². The molecule has 0 aliphatic carbocycles. The van der Waals surface area contributed by atoms with Crippen LogP contribution < -0.4 is 5.32 Å². The molecule has 0 atom stereocenters. The molecule has 2 heterocycles. The average Bonchev–Trinajstić information content (AvgIpc) is 3.22. The van der Waals surface area contributed by atoms with Crippen LogP contribution in [0.15, 0.2) is 65.7 Å². The molecule has 0 spiro atoms. The minimum absolute atomic E-state index is 0.0928. The summed E-state index contributed by atoms with van der Waals surface area (Å²) >= 11 is 0. The Kier molecular flexibility index (Phi) is 6.17. The predicted molar refractivity (Wildman–Crippen MR) is 116 cm³/mol. The molecule has 1 aliphatic rings. The van der Waals surface area contributed by atoms with Gasteiger partial charge < -0.3 is 10.1 Å². The maximum atomic E-state index is 12.9. The molecule has 9 heteroatoms. The van der Waals surface area contributed by atoms with Crippen molar-refractivity contribution in [3.63, 3.8) is 0 Å². The van der Waals surface area contributed by atoms with Gasteiger partial charge in [-0.15, -0.1) is 0 Å². The van der Waals surface area contributed by atoms with Gasteiger partial charge in [-0.1, -0.05) is 35.9 Å². The van der Waals surface area contributed by atoms with Crippen LogP contribution in [-0.2, 0) is 21.3 Å². The maximum Gasteiger partial charge on any atom is 0.256 e. The van der Waals surface area contributed by atoms with E-state index in [0.717, 1.165) is 5.56 Å². The van der Waals surface area contributed by atoms with E-state index in [9.17, 15) is 13.2 Å². The zero-order chi connectivity index (χ0) is 21.8. The Morgan fingerprint density at radius 2 is 1.84 bits per heavy atom.